The summed E-state index contributed by atoms with van der Waals surface area (Å²) in [5.41, 5.74) is 2.49. The fourth-order valence-electron chi connectivity index (χ4n) is 1.75. The Bertz CT molecular complexity index is 541. The summed E-state index contributed by atoms with van der Waals surface area (Å²) in [5, 5.41) is 6.21. The second-order valence-electron chi connectivity index (χ2n) is 5.49. The van der Waals surface area contributed by atoms with Crippen LogP contribution in [-0.4, -0.2) is 17.0 Å². The molecule has 0 spiro atoms. The summed E-state index contributed by atoms with van der Waals surface area (Å²) in [7, 11) is 1.83. The molecule has 0 aliphatic carbocycles. The van der Waals surface area contributed by atoms with Crippen LogP contribution in [0.5, 0.6) is 0 Å². The van der Waals surface area contributed by atoms with Gasteiger partial charge in [0, 0.05) is 12.7 Å². The van der Waals surface area contributed by atoms with Crippen LogP contribution in [0.2, 0.25) is 0 Å². The normalized spacial score (nSPS) is 11.2. The second kappa shape index (κ2) is 5.26. The van der Waals surface area contributed by atoms with E-state index in [9.17, 15) is 0 Å². The van der Waals surface area contributed by atoms with Gasteiger partial charge in [-0.1, -0.05) is 32.9 Å². The molecule has 19 heavy (non-hydrogen) atoms. The van der Waals surface area contributed by atoms with Crippen molar-refractivity contribution < 1.29 is 0 Å². The average Bonchev–Trinajstić information content (AvgIpc) is 2.38. The van der Waals surface area contributed by atoms with Gasteiger partial charge in [-0.25, -0.2) is 4.98 Å². The van der Waals surface area contributed by atoms with Crippen molar-refractivity contribution >= 4 is 17.3 Å². The average molecular weight is 256 g/mol. The van der Waals surface area contributed by atoms with Crippen molar-refractivity contribution in [3.05, 3.63) is 42.2 Å². The third kappa shape index (κ3) is 3.44. The Morgan fingerprint density at radius 3 is 2.16 bits per heavy atom. The minimum absolute atomic E-state index is 0.171. The van der Waals surface area contributed by atoms with Crippen molar-refractivity contribution in [2.75, 3.05) is 17.7 Å². The van der Waals surface area contributed by atoms with Crippen LogP contribution in [0.15, 0.2) is 36.7 Å². The Hall–Kier alpha value is -2.10. The molecule has 2 rings (SSSR count). The summed E-state index contributed by atoms with van der Waals surface area (Å²) >= 11 is 0. The maximum atomic E-state index is 4.37. The van der Waals surface area contributed by atoms with Crippen molar-refractivity contribution in [1.29, 1.82) is 0 Å². The molecule has 0 radical (unpaired) electrons. The minimum atomic E-state index is 0.171. The molecule has 0 saturated heterocycles. The standard InChI is InChI=1S/C15H20N4/c1-15(2,3)11-5-7-12(8-6-11)18-14-10-17-9-13(16-4)19-14/h5-10H,1-4H3,(H2,16,18,19). The lowest BCUT2D eigenvalue weighted by Crippen LogP contribution is -2.10. The Balaban J connectivity index is 2.15. The molecule has 2 N–H and O–H groups in total. The quantitative estimate of drug-likeness (QED) is 0.881. The van der Waals surface area contributed by atoms with E-state index in [-0.39, 0.29) is 5.41 Å². The summed E-state index contributed by atoms with van der Waals surface area (Å²) < 4.78 is 0. The number of hydrogen-bond acceptors (Lipinski definition) is 4. The van der Waals surface area contributed by atoms with Crippen LogP contribution >= 0.6 is 0 Å². The van der Waals surface area contributed by atoms with Gasteiger partial charge in [-0.05, 0) is 23.1 Å². The predicted molar refractivity (Wildman–Crippen MR) is 80.0 cm³/mol. The zero-order valence-electron chi connectivity index (χ0n) is 11.9. The summed E-state index contributed by atoms with van der Waals surface area (Å²) in [6.07, 6.45) is 3.40. The predicted octanol–water partition coefficient (Wildman–Crippen LogP) is 3.56. The second-order valence-corrected chi connectivity index (χ2v) is 5.49. The molecule has 0 unspecified atom stereocenters. The van der Waals surface area contributed by atoms with Gasteiger partial charge >= 0.3 is 0 Å². The molecule has 2 aromatic rings. The zero-order valence-corrected chi connectivity index (χ0v) is 11.9. The SMILES string of the molecule is CNc1cncc(Nc2ccc(C(C)(C)C)cc2)n1. The van der Waals surface area contributed by atoms with E-state index < -0.39 is 0 Å². The number of rotatable bonds is 3. The number of nitrogens with zero attached hydrogens (tertiary/aromatic N) is 2. The van der Waals surface area contributed by atoms with Crippen LogP contribution in [0, 0.1) is 0 Å². The minimum Gasteiger partial charge on any atom is -0.372 e. The summed E-state index contributed by atoms with van der Waals surface area (Å²) in [4.78, 5) is 8.49. The van der Waals surface area contributed by atoms with Crippen molar-refractivity contribution in [2.24, 2.45) is 0 Å². The fraction of sp³-hybridized carbons (Fsp3) is 0.333. The summed E-state index contributed by atoms with van der Waals surface area (Å²) in [6, 6.07) is 8.40. The molecule has 1 aromatic carbocycles. The first kappa shape index (κ1) is 13.3. The van der Waals surface area contributed by atoms with Crippen LogP contribution in [0.1, 0.15) is 26.3 Å². The lowest BCUT2D eigenvalue weighted by atomic mass is 9.87. The van der Waals surface area contributed by atoms with Gasteiger partial charge in [-0.15, -0.1) is 0 Å². The van der Waals surface area contributed by atoms with Gasteiger partial charge in [0.25, 0.3) is 0 Å². The molecule has 0 saturated carbocycles. The van der Waals surface area contributed by atoms with Gasteiger partial charge < -0.3 is 10.6 Å². The van der Waals surface area contributed by atoms with Crippen LogP contribution in [0.4, 0.5) is 17.3 Å². The number of hydrogen-bond donors (Lipinski definition) is 2. The topological polar surface area (TPSA) is 49.8 Å². The van der Waals surface area contributed by atoms with Crippen molar-refractivity contribution in [3.8, 4) is 0 Å². The highest BCUT2D eigenvalue weighted by atomic mass is 15.1. The molecule has 0 amide bonds. The van der Waals surface area contributed by atoms with E-state index in [1.807, 2.05) is 7.05 Å². The molecular weight excluding hydrogens is 236 g/mol. The van der Waals surface area contributed by atoms with Gasteiger partial charge in [0.1, 0.15) is 5.82 Å². The monoisotopic (exact) mass is 256 g/mol. The molecule has 0 fully saturated rings. The van der Waals surface area contributed by atoms with Gasteiger partial charge in [0.15, 0.2) is 5.82 Å². The smallest absolute Gasteiger partial charge is 0.151 e. The summed E-state index contributed by atoms with van der Waals surface area (Å²) in [6.45, 7) is 6.62. The van der Waals surface area contributed by atoms with Gasteiger partial charge in [-0.3, -0.25) is 4.98 Å². The Kier molecular flexibility index (Phi) is 3.69. The highest BCUT2D eigenvalue weighted by Gasteiger charge is 2.12. The maximum absolute atomic E-state index is 4.37. The number of anilines is 3. The molecule has 1 heterocycles. The Morgan fingerprint density at radius 1 is 0.947 bits per heavy atom. The molecular formula is C15H20N4. The zero-order chi connectivity index (χ0) is 13.9. The first-order valence-electron chi connectivity index (χ1n) is 6.36. The first-order chi connectivity index (χ1) is 8.99. The number of benzene rings is 1. The van der Waals surface area contributed by atoms with Crippen LogP contribution < -0.4 is 10.6 Å². The van der Waals surface area contributed by atoms with E-state index in [1.54, 1.807) is 12.4 Å². The number of aromatic nitrogens is 2. The highest BCUT2D eigenvalue weighted by Crippen LogP contribution is 2.24. The van der Waals surface area contributed by atoms with Crippen molar-refractivity contribution in [1.82, 2.24) is 9.97 Å². The summed E-state index contributed by atoms with van der Waals surface area (Å²) in [5.74, 6) is 1.48. The third-order valence-electron chi connectivity index (χ3n) is 2.91. The Morgan fingerprint density at radius 2 is 1.58 bits per heavy atom. The molecule has 0 aliphatic heterocycles. The van der Waals surface area contributed by atoms with Crippen molar-refractivity contribution in [2.45, 2.75) is 26.2 Å². The van der Waals surface area contributed by atoms with Crippen LogP contribution in [0.3, 0.4) is 0 Å². The van der Waals surface area contributed by atoms with E-state index in [0.29, 0.717) is 0 Å². The molecule has 100 valence electrons. The largest absolute Gasteiger partial charge is 0.372 e. The number of nitrogens with one attached hydrogen (secondary N) is 2. The van der Waals surface area contributed by atoms with E-state index in [2.05, 4.69) is 65.6 Å². The van der Waals surface area contributed by atoms with E-state index in [1.165, 1.54) is 5.56 Å². The molecule has 4 heteroatoms. The molecule has 1 aromatic heterocycles. The fourth-order valence-corrected chi connectivity index (χ4v) is 1.75. The molecule has 0 bridgehead atoms. The van der Waals surface area contributed by atoms with Crippen LogP contribution in [0.25, 0.3) is 0 Å². The van der Waals surface area contributed by atoms with Crippen LogP contribution in [-0.2, 0) is 5.41 Å². The maximum Gasteiger partial charge on any atom is 0.151 e. The van der Waals surface area contributed by atoms with E-state index in [4.69, 9.17) is 0 Å². The first-order valence-corrected chi connectivity index (χ1v) is 6.36. The van der Waals surface area contributed by atoms with Crippen molar-refractivity contribution in [3.63, 3.8) is 0 Å². The Labute approximate surface area is 114 Å². The molecule has 0 atom stereocenters. The molecule has 4 nitrogen and oxygen atoms in total. The lowest BCUT2D eigenvalue weighted by Gasteiger charge is -2.19. The third-order valence-corrected chi connectivity index (χ3v) is 2.91. The lowest BCUT2D eigenvalue weighted by molar-refractivity contribution is 0.590. The van der Waals surface area contributed by atoms with E-state index in [0.717, 1.165) is 17.3 Å². The van der Waals surface area contributed by atoms with Gasteiger partial charge in [-0.2, -0.15) is 0 Å². The highest BCUT2D eigenvalue weighted by molar-refractivity contribution is 5.57. The van der Waals surface area contributed by atoms with E-state index >= 15 is 0 Å². The van der Waals surface area contributed by atoms with Gasteiger partial charge in [0.05, 0.1) is 12.4 Å². The van der Waals surface area contributed by atoms with Gasteiger partial charge in [0.2, 0.25) is 0 Å². The molecule has 0 aliphatic rings.